The lowest BCUT2D eigenvalue weighted by molar-refractivity contribution is -0.156. The van der Waals surface area contributed by atoms with E-state index in [4.69, 9.17) is 10.5 Å². The van der Waals surface area contributed by atoms with E-state index in [-0.39, 0.29) is 50.0 Å². The second-order valence-corrected chi connectivity index (χ2v) is 9.86. The standard InChI is InChI=1S/C24H40N4O8/c1-15(2)20(17(29)14-16(21(32)33)6-5-11-26-23(25)35)27-18(30)7-8-19(31)28-12-9-24(3,10-13-28)22(34)36-4/h15-16,20H,5-14H2,1-4H3,(H,27,30)(H,32,33)(H3,25,26,35)/t16-,20+/m1/s1. The van der Waals surface area contributed by atoms with Crippen LogP contribution < -0.4 is 16.4 Å². The van der Waals surface area contributed by atoms with Crippen LogP contribution in [0.1, 0.15) is 65.7 Å². The van der Waals surface area contributed by atoms with Crippen molar-refractivity contribution < 1.29 is 38.6 Å². The third-order valence-electron chi connectivity index (χ3n) is 6.62. The summed E-state index contributed by atoms with van der Waals surface area (Å²) in [6.07, 6.45) is 1.05. The number of nitrogens with one attached hydrogen (secondary N) is 2. The van der Waals surface area contributed by atoms with Crippen LogP contribution in [0.15, 0.2) is 0 Å². The van der Waals surface area contributed by atoms with Crippen molar-refractivity contribution in [3.05, 3.63) is 0 Å². The maximum absolute atomic E-state index is 12.8. The van der Waals surface area contributed by atoms with E-state index in [1.807, 2.05) is 6.92 Å². The molecule has 1 rings (SSSR count). The molecule has 36 heavy (non-hydrogen) atoms. The predicted octanol–water partition coefficient (Wildman–Crippen LogP) is 0.818. The molecule has 0 bridgehead atoms. The smallest absolute Gasteiger partial charge is 0.312 e. The van der Waals surface area contributed by atoms with Gasteiger partial charge in [0.2, 0.25) is 11.8 Å². The molecule has 12 heteroatoms. The van der Waals surface area contributed by atoms with Crippen molar-refractivity contribution in [2.75, 3.05) is 26.7 Å². The van der Waals surface area contributed by atoms with E-state index in [0.29, 0.717) is 32.4 Å². The molecule has 1 aliphatic heterocycles. The molecule has 1 aliphatic rings. The van der Waals surface area contributed by atoms with Crippen LogP contribution in [-0.4, -0.2) is 78.4 Å². The molecule has 2 atom stereocenters. The molecule has 204 valence electrons. The Morgan fingerprint density at radius 1 is 1.08 bits per heavy atom. The summed E-state index contributed by atoms with van der Waals surface area (Å²) < 4.78 is 4.84. The van der Waals surface area contributed by atoms with Gasteiger partial charge in [-0.1, -0.05) is 13.8 Å². The highest BCUT2D eigenvalue weighted by molar-refractivity contribution is 5.92. The minimum absolute atomic E-state index is 0.0373. The minimum Gasteiger partial charge on any atom is -0.481 e. The molecule has 0 aliphatic carbocycles. The Kier molecular flexibility index (Phi) is 12.3. The molecule has 0 aromatic carbocycles. The van der Waals surface area contributed by atoms with E-state index >= 15 is 0 Å². The molecule has 0 spiro atoms. The summed E-state index contributed by atoms with van der Waals surface area (Å²) in [6.45, 7) is 6.28. The second-order valence-electron chi connectivity index (χ2n) is 9.86. The third kappa shape index (κ3) is 9.82. The lowest BCUT2D eigenvalue weighted by Gasteiger charge is -2.37. The molecule has 0 saturated carbocycles. The fourth-order valence-corrected chi connectivity index (χ4v) is 4.19. The van der Waals surface area contributed by atoms with E-state index in [0.717, 1.165) is 0 Å². The van der Waals surface area contributed by atoms with E-state index < -0.39 is 41.1 Å². The molecule has 1 saturated heterocycles. The van der Waals surface area contributed by atoms with Gasteiger partial charge < -0.3 is 31.1 Å². The van der Waals surface area contributed by atoms with Gasteiger partial charge in [-0.25, -0.2) is 4.79 Å². The number of ether oxygens (including phenoxy) is 1. The number of nitrogens with zero attached hydrogens (tertiary/aromatic N) is 1. The summed E-state index contributed by atoms with van der Waals surface area (Å²) in [5.74, 6) is -3.75. The Morgan fingerprint density at radius 3 is 2.19 bits per heavy atom. The largest absolute Gasteiger partial charge is 0.481 e. The number of rotatable bonds is 14. The fraction of sp³-hybridized carbons (Fsp3) is 0.750. The number of carbonyl (C=O) groups excluding carboxylic acids is 5. The molecular weight excluding hydrogens is 472 g/mol. The molecular formula is C24H40N4O8. The van der Waals surface area contributed by atoms with Crippen LogP contribution in [0, 0.1) is 17.3 Å². The van der Waals surface area contributed by atoms with E-state index in [2.05, 4.69) is 10.6 Å². The van der Waals surface area contributed by atoms with Gasteiger partial charge in [-0.2, -0.15) is 0 Å². The van der Waals surface area contributed by atoms with Crippen molar-refractivity contribution in [1.29, 1.82) is 0 Å². The van der Waals surface area contributed by atoms with Crippen molar-refractivity contribution in [2.45, 2.75) is 71.8 Å². The first-order valence-corrected chi connectivity index (χ1v) is 12.2. The third-order valence-corrected chi connectivity index (χ3v) is 6.62. The lowest BCUT2D eigenvalue weighted by Crippen LogP contribution is -2.47. The summed E-state index contributed by atoms with van der Waals surface area (Å²) in [5, 5.41) is 14.5. The first kappa shape index (κ1) is 30.9. The van der Waals surface area contributed by atoms with Crippen LogP contribution in [0.3, 0.4) is 0 Å². The number of carbonyl (C=O) groups is 6. The zero-order chi connectivity index (χ0) is 27.5. The van der Waals surface area contributed by atoms with Gasteiger partial charge in [-0.3, -0.25) is 24.0 Å². The van der Waals surface area contributed by atoms with Crippen LogP contribution >= 0.6 is 0 Å². The van der Waals surface area contributed by atoms with Crippen molar-refractivity contribution in [1.82, 2.24) is 15.5 Å². The maximum atomic E-state index is 12.8. The number of urea groups is 1. The zero-order valence-corrected chi connectivity index (χ0v) is 21.6. The Morgan fingerprint density at radius 2 is 1.69 bits per heavy atom. The fourth-order valence-electron chi connectivity index (χ4n) is 4.19. The van der Waals surface area contributed by atoms with Gasteiger partial charge in [0.15, 0.2) is 5.78 Å². The number of hydrogen-bond donors (Lipinski definition) is 4. The van der Waals surface area contributed by atoms with Crippen LogP contribution in [0.2, 0.25) is 0 Å². The number of amides is 4. The molecule has 0 radical (unpaired) electrons. The monoisotopic (exact) mass is 512 g/mol. The van der Waals surface area contributed by atoms with Gasteiger partial charge >= 0.3 is 18.0 Å². The summed E-state index contributed by atoms with van der Waals surface area (Å²) >= 11 is 0. The summed E-state index contributed by atoms with van der Waals surface area (Å²) in [5.41, 5.74) is 4.36. The molecule has 1 heterocycles. The van der Waals surface area contributed by atoms with Crippen LogP contribution in [0.4, 0.5) is 4.79 Å². The number of primary amides is 1. The van der Waals surface area contributed by atoms with Crippen LogP contribution in [-0.2, 0) is 28.7 Å². The molecule has 5 N–H and O–H groups in total. The predicted molar refractivity (Wildman–Crippen MR) is 130 cm³/mol. The van der Waals surface area contributed by atoms with Gasteiger partial charge in [0.05, 0.1) is 24.5 Å². The molecule has 0 unspecified atom stereocenters. The Hall–Kier alpha value is -3.18. The van der Waals surface area contributed by atoms with Crippen LogP contribution in [0.25, 0.3) is 0 Å². The number of Topliss-reactive ketones (excluding diaryl/α,β-unsaturated/α-hetero) is 1. The van der Waals surface area contributed by atoms with Gasteiger partial charge in [-0.05, 0) is 38.5 Å². The highest BCUT2D eigenvalue weighted by atomic mass is 16.5. The van der Waals surface area contributed by atoms with Crippen molar-refractivity contribution in [2.24, 2.45) is 23.0 Å². The maximum Gasteiger partial charge on any atom is 0.312 e. The summed E-state index contributed by atoms with van der Waals surface area (Å²) in [7, 11) is 1.34. The number of hydrogen-bond acceptors (Lipinski definition) is 7. The number of piperidine rings is 1. The normalized spacial score (nSPS) is 16.5. The number of carboxylic acids is 1. The van der Waals surface area contributed by atoms with Gasteiger partial charge in [-0.15, -0.1) is 0 Å². The minimum atomic E-state index is -1.13. The van der Waals surface area contributed by atoms with Crippen molar-refractivity contribution in [3.8, 4) is 0 Å². The Bertz CT molecular complexity index is 821. The van der Waals surface area contributed by atoms with Gasteiger partial charge in [0.1, 0.15) is 0 Å². The zero-order valence-electron chi connectivity index (χ0n) is 21.6. The van der Waals surface area contributed by atoms with E-state index in [1.165, 1.54) is 7.11 Å². The van der Waals surface area contributed by atoms with Gasteiger partial charge in [0.25, 0.3) is 0 Å². The van der Waals surface area contributed by atoms with E-state index in [1.54, 1.807) is 18.7 Å². The number of aliphatic carboxylic acids is 1. The quantitative estimate of drug-likeness (QED) is 0.194. The molecule has 12 nitrogen and oxygen atoms in total. The van der Waals surface area contributed by atoms with E-state index in [9.17, 15) is 33.9 Å². The molecule has 0 aromatic rings. The molecule has 1 fully saturated rings. The highest BCUT2D eigenvalue weighted by Gasteiger charge is 2.39. The first-order valence-electron chi connectivity index (χ1n) is 12.2. The van der Waals surface area contributed by atoms with Crippen LogP contribution in [0.5, 0.6) is 0 Å². The number of likely N-dealkylation sites (tertiary alicyclic amines) is 1. The second kappa shape index (κ2) is 14.4. The number of carboxylic acid groups (broad SMARTS) is 1. The van der Waals surface area contributed by atoms with Crippen molar-refractivity contribution in [3.63, 3.8) is 0 Å². The number of ketones is 1. The Labute approximate surface area is 211 Å². The summed E-state index contributed by atoms with van der Waals surface area (Å²) in [6, 6.07) is -1.59. The highest BCUT2D eigenvalue weighted by Crippen LogP contribution is 2.32. The topological polar surface area (TPSA) is 185 Å². The average Bonchev–Trinajstić information content (AvgIpc) is 2.81. The number of nitrogens with two attached hydrogens (primary N) is 1. The Balaban J connectivity index is 2.57. The van der Waals surface area contributed by atoms with Gasteiger partial charge in [0, 0.05) is 38.9 Å². The SMILES string of the molecule is COC(=O)C1(C)CCN(C(=O)CCC(=O)N[C@H](C(=O)C[C@@H](CCCNC(N)=O)C(=O)O)C(C)C)CC1. The first-order chi connectivity index (χ1) is 16.8. The average molecular weight is 513 g/mol. The lowest BCUT2D eigenvalue weighted by atomic mass is 9.80. The molecule has 0 aromatic heterocycles. The van der Waals surface area contributed by atoms with Crippen molar-refractivity contribution >= 4 is 35.6 Å². The number of methoxy groups -OCH3 is 1. The molecule has 4 amide bonds. The summed E-state index contributed by atoms with van der Waals surface area (Å²) in [4.78, 5) is 73.7. The number of esters is 1.